The van der Waals surface area contributed by atoms with Crippen molar-refractivity contribution in [3.8, 4) is 0 Å². The van der Waals surface area contributed by atoms with Crippen molar-refractivity contribution >= 4 is 23.4 Å². The molecule has 1 aromatic carbocycles. The smallest absolute Gasteiger partial charge is 0.229 e. The second kappa shape index (κ2) is 7.68. The molecule has 25 heavy (non-hydrogen) atoms. The monoisotopic (exact) mass is 359 g/mol. The van der Waals surface area contributed by atoms with Gasteiger partial charge in [-0.2, -0.15) is 11.8 Å². The molecule has 2 aliphatic carbocycles. The van der Waals surface area contributed by atoms with Gasteiger partial charge in [-0.1, -0.05) is 12.1 Å². The lowest BCUT2D eigenvalue weighted by Crippen LogP contribution is -2.42. The topological polar surface area (TPSA) is 58.4 Å². The zero-order valence-corrected chi connectivity index (χ0v) is 15.6. The molecule has 3 aliphatic rings. The first kappa shape index (κ1) is 17.4. The van der Waals surface area contributed by atoms with Crippen LogP contribution in [0.3, 0.4) is 0 Å². The van der Waals surface area contributed by atoms with Crippen LogP contribution in [0.5, 0.6) is 0 Å². The Hall–Kier alpha value is -1.04. The van der Waals surface area contributed by atoms with Crippen molar-refractivity contribution in [3.05, 3.63) is 29.8 Å². The number of hydrogen-bond acceptors (Lipinski definition) is 4. The number of thioether (sulfide) groups is 1. The highest BCUT2D eigenvalue weighted by atomic mass is 32.2. The summed E-state index contributed by atoms with van der Waals surface area (Å²) in [7, 11) is 0. The second-order valence-corrected chi connectivity index (χ2v) is 9.05. The van der Waals surface area contributed by atoms with E-state index in [1.807, 2.05) is 12.1 Å². The maximum atomic E-state index is 12.6. The fraction of sp³-hybridized carbons (Fsp3) is 0.650. The minimum Gasteiger partial charge on any atom is -0.327 e. The molecule has 0 spiro atoms. The fourth-order valence-corrected chi connectivity index (χ4v) is 5.80. The molecular formula is C20H29N3OS. The van der Waals surface area contributed by atoms with E-state index in [9.17, 15) is 4.79 Å². The highest BCUT2D eigenvalue weighted by Crippen LogP contribution is 2.47. The Labute approximate surface area is 154 Å². The lowest BCUT2D eigenvalue weighted by Gasteiger charge is -2.27. The van der Waals surface area contributed by atoms with Crippen LogP contribution >= 0.6 is 11.8 Å². The van der Waals surface area contributed by atoms with E-state index in [-0.39, 0.29) is 17.9 Å². The maximum Gasteiger partial charge on any atom is 0.229 e. The van der Waals surface area contributed by atoms with Gasteiger partial charge in [-0.15, -0.1) is 0 Å². The van der Waals surface area contributed by atoms with E-state index in [0.717, 1.165) is 25.1 Å². The first-order chi connectivity index (χ1) is 12.2. The number of amides is 1. The zero-order valence-electron chi connectivity index (χ0n) is 14.8. The van der Waals surface area contributed by atoms with Gasteiger partial charge in [0, 0.05) is 42.9 Å². The molecule has 1 amide bonds. The molecule has 1 saturated heterocycles. The van der Waals surface area contributed by atoms with Crippen LogP contribution in [0.1, 0.15) is 24.8 Å². The van der Waals surface area contributed by atoms with E-state index in [1.165, 1.54) is 43.0 Å². The normalized spacial score (nSPS) is 32.0. The van der Waals surface area contributed by atoms with Crippen LogP contribution in [0.25, 0.3) is 0 Å². The molecule has 4 rings (SSSR count). The van der Waals surface area contributed by atoms with Gasteiger partial charge < -0.3 is 16.0 Å². The standard InChI is InChI=1S/C20H29N3OS/c21-19-16-4-3-15(13-16)18(19)20(24)22-17-5-1-14(2-6-17)7-8-23-9-11-25-12-10-23/h1-2,5-6,15-16,18-19H,3-4,7-13,21H2,(H,22,24). The Bertz CT molecular complexity index is 597. The van der Waals surface area contributed by atoms with E-state index in [2.05, 4.69) is 34.1 Å². The lowest BCUT2D eigenvalue weighted by molar-refractivity contribution is -0.121. The quantitative estimate of drug-likeness (QED) is 0.848. The third kappa shape index (κ3) is 3.88. The number of nitrogens with one attached hydrogen (secondary N) is 1. The number of carbonyl (C=O) groups is 1. The fourth-order valence-electron chi connectivity index (χ4n) is 4.82. The minimum absolute atomic E-state index is 0.00963. The molecule has 5 heteroatoms. The molecule has 4 unspecified atom stereocenters. The molecular weight excluding hydrogens is 330 g/mol. The summed E-state index contributed by atoms with van der Waals surface area (Å²) in [6, 6.07) is 8.43. The van der Waals surface area contributed by atoms with Crippen molar-refractivity contribution in [2.45, 2.75) is 31.7 Å². The molecule has 3 N–H and O–H groups in total. The van der Waals surface area contributed by atoms with E-state index >= 15 is 0 Å². The SMILES string of the molecule is NC1C2CCC(C2)C1C(=O)Nc1ccc(CCN2CCSCC2)cc1. The lowest BCUT2D eigenvalue weighted by atomic mass is 9.84. The molecule has 1 heterocycles. The summed E-state index contributed by atoms with van der Waals surface area (Å²) in [5, 5.41) is 3.10. The van der Waals surface area contributed by atoms with Gasteiger partial charge in [-0.25, -0.2) is 0 Å². The summed E-state index contributed by atoms with van der Waals surface area (Å²) in [6.45, 7) is 3.55. The average molecular weight is 360 g/mol. The van der Waals surface area contributed by atoms with Gasteiger partial charge in [0.15, 0.2) is 0 Å². The molecule has 1 aromatic rings. The Morgan fingerprint density at radius 2 is 1.88 bits per heavy atom. The van der Waals surface area contributed by atoms with Crippen LogP contribution in [-0.4, -0.2) is 48.0 Å². The summed E-state index contributed by atoms with van der Waals surface area (Å²) in [4.78, 5) is 15.2. The second-order valence-electron chi connectivity index (χ2n) is 7.83. The highest BCUT2D eigenvalue weighted by Gasteiger charge is 2.49. The first-order valence-corrected chi connectivity index (χ1v) is 10.8. The molecule has 3 fully saturated rings. The van der Waals surface area contributed by atoms with E-state index in [4.69, 9.17) is 5.73 Å². The zero-order chi connectivity index (χ0) is 17.2. The van der Waals surface area contributed by atoms with Gasteiger partial charge in [0.25, 0.3) is 0 Å². The number of hydrogen-bond donors (Lipinski definition) is 2. The third-order valence-electron chi connectivity index (χ3n) is 6.33. The van der Waals surface area contributed by atoms with Crippen molar-refractivity contribution < 1.29 is 4.79 Å². The van der Waals surface area contributed by atoms with Crippen LogP contribution < -0.4 is 11.1 Å². The van der Waals surface area contributed by atoms with Gasteiger partial charge >= 0.3 is 0 Å². The van der Waals surface area contributed by atoms with Crippen LogP contribution in [0.2, 0.25) is 0 Å². The van der Waals surface area contributed by atoms with E-state index in [0.29, 0.717) is 11.8 Å². The number of anilines is 1. The summed E-state index contributed by atoms with van der Waals surface area (Å²) >= 11 is 2.05. The molecule has 0 radical (unpaired) electrons. The Balaban J connectivity index is 1.29. The van der Waals surface area contributed by atoms with Crippen LogP contribution in [0.4, 0.5) is 5.69 Å². The van der Waals surface area contributed by atoms with Crippen molar-refractivity contribution in [1.82, 2.24) is 4.90 Å². The molecule has 2 saturated carbocycles. The average Bonchev–Trinajstić information content (AvgIpc) is 3.23. The van der Waals surface area contributed by atoms with Gasteiger partial charge in [0.2, 0.25) is 5.91 Å². The van der Waals surface area contributed by atoms with Crippen molar-refractivity contribution in [1.29, 1.82) is 0 Å². The molecule has 4 atom stereocenters. The number of nitrogens with zero attached hydrogens (tertiary/aromatic N) is 1. The number of benzene rings is 1. The Morgan fingerprint density at radius 1 is 1.16 bits per heavy atom. The number of rotatable bonds is 5. The van der Waals surface area contributed by atoms with Crippen molar-refractivity contribution in [2.75, 3.05) is 36.5 Å². The molecule has 0 aromatic heterocycles. The van der Waals surface area contributed by atoms with Crippen LogP contribution in [0.15, 0.2) is 24.3 Å². The Morgan fingerprint density at radius 3 is 2.56 bits per heavy atom. The van der Waals surface area contributed by atoms with Crippen LogP contribution in [0, 0.1) is 17.8 Å². The third-order valence-corrected chi connectivity index (χ3v) is 7.27. The number of carbonyl (C=O) groups excluding carboxylic acids is 1. The van der Waals surface area contributed by atoms with Gasteiger partial charge in [-0.05, 0) is 55.2 Å². The molecule has 136 valence electrons. The van der Waals surface area contributed by atoms with Crippen LogP contribution in [-0.2, 0) is 11.2 Å². The first-order valence-electron chi connectivity index (χ1n) is 9.66. The predicted molar refractivity (Wildman–Crippen MR) is 105 cm³/mol. The van der Waals surface area contributed by atoms with Crippen molar-refractivity contribution in [3.63, 3.8) is 0 Å². The van der Waals surface area contributed by atoms with Gasteiger partial charge in [0.1, 0.15) is 0 Å². The molecule has 4 nitrogen and oxygen atoms in total. The highest BCUT2D eigenvalue weighted by molar-refractivity contribution is 7.99. The van der Waals surface area contributed by atoms with Gasteiger partial charge in [-0.3, -0.25) is 4.79 Å². The van der Waals surface area contributed by atoms with Crippen molar-refractivity contribution in [2.24, 2.45) is 23.5 Å². The number of nitrogens with two attached hydrogens (primary N) is 1. The largest absolute Gasteiger partial charge is 0.327 e. The molecule has 1 aliphatic heterocycles. The maximum absolute atomic E-state index is 12.6. The molecule has 2 bridgehead atoms. The predicted octanol–water partition coefficient (Wildman–Crippen LogP) is 2.59. The summed E-state index contributed by atoms with van der Waals surface area (Å²) < 4.78 is 0. The van der Waals surface area contributed by atoms with E-state index < -0.39 is 0 Å². The summed E-state index contributed by atoms with van der Waals surface area (Å²) in [6.07, 6.45) is 4.60. The van der Waals surface area contributed by atoms with Gasteiger partial charge in [0.05, 0.1) is 5.92 Å². The summed E-state index contributed by atoms with van der Waals surface area (Å²) in [5.41, 5.74) is 8.53. The minimum atomic E-state index is 0.00963. The Kier molecular flexibility index (Phi) is 5.34. The number of fused-ring (bicyclic) bond motifs is 2. The van der Waals surface area contributed by atoms with E-state index in [1.54, 1.807) is 0 Å². The summed E-state index contributed by atoms with van der Waals surface area (Å²) in [5.74, 6) is 3.72.